The Kier molecular flexibility index (Phi) is 5.61. The molecular weight excluding hydrogens is 270 g/mol. The average Bonchev–Trinajstić information content (AvgIpc) is 2.90. The van der Waals surface area contributed by atoms with Gasteiger partial charge in [-0.05, 0) is 75.0 Å². The van der Waals surface area contributed by atoms with Gasteiger partial charge in [-0.2, -0.15) is 11.3 Å². The zero-order valence-corrected chi connectivity index (χ0v) is 13.7. The fourth-order valence-electron chi connectivity index (χ4n) is 2.65. The Morgan fingerprint density at radius 2 is 2.10 bits per heavy atom. The SMILES string of the molecule is CC(C)(C)OCC(O)CN1CCC(c2ccsc2)CC1. The molecule has 2 rings (SSSR count). The molecule has 0 aromatic carbocycles. The fourth-order valence-corrected chi connectivity index (χ4v) is 3.40. The summed E-state index contributed by atoms with van der Waals surface area (Å²) in [4.78, 5) is 2.36. The first-order chi connectivity index (χ1) is 9.44. The van der Waals surface area contributed by atoms with Gasteiger partial charge in [0.2, 0.25) is 0 Å². The normalized spacial score (nSPS) is 20.2. The molecule has 114 valence electrons. The van der Waals surface area contributed by atoms with Crippen LogP contribution in [0, 0.1) is 0 Å². The Balaban J connectivity index is 1.69. The van der Waals surface area contributed by atoms with Crippen LogP contribution in [0.1, 0.15) is 45.1 Å². The van der Waals surface area contributed by atoms with Crippen LogP contribution in [0.25, 0.3) is 0 Å². The van der Waals surface area contributed by atoms with Gasteiger partial charge in [0.05, 0.1) is 18.3 Å². The lowest BCUT2D eigenvalue weighted by atomic mass is 9.91. The highest BCUT2D eigenvalue weighted by atomic mass is 32.1. The average molecular weight is 297 g/mol. The standard InChI is InChI=1S/C16H27NO2S/c1-16(2,3)19-11-15(18)10-17-7-4-13(5-8-17)14-6-9-20-12-14/h6,9,12-13,15,18H,4-5,7-8,10-11H2,1-3H3. The molecule has 3 nitrogen and oxygen atoms in total. The van der Waals surface area contributed by atoms with Crippen LogP contribution in [-0.4, -0.2) is 48.0 Å². The molecule has 0 radical (unpaired) electrons. The van der Waals surface area contributed by atoms with Gasteiger partial charge in [-0.3, -0.25) is 0 Å². The second-order valence-corrected chi connectivity index (χ2v) is 7.49. The second-order valence-electron chi connectivity index (χ2n) is 6.71. The van der Waals surface area contributed by atoms with Crippen molar-refractivity contribution in [1.29, 1.82) is 0 Å². The molecule has 1 fully saturated rings. The summed E-state index contributed by atoms with van der Waals surface area (Å²) in [5.74, 6) is 0.709. The Morgan fingerprint density at radius 1 is 1.40 bits per heavy atom. The number of β-amino-alcohol motifs (C(OH)–C–C–N with tert-alkyl or cyclic N) is 1. The summed E-state index contributed by atoms with van der Waals surface area (Å²) >= 11 is 1.78. The van der Waals surface area contributed by atoms with Crippen LogP contribution >= 0.6 is 11.3 Å². The van der Waals surface area contributed by atoms with Crippen molar-refractivity contribution in [1.82, 2.24) is 4.90 Å². The molecule has 20 heavy (non-hydrogen) atoms. The van der Waals surface area contributed by atoms with E-state index < -0.39 is 0 Å². The number of rotatable bonds is 5. The van der Waals surface area contributed by atoms with Crippen molar-refractivity contribution < 1.29 is 9.84 Å². The molecule has 2 heterocycles. The van der Waals surface area contributed by atoms with E-state index in [9.17, 15) is 5.11 Å². The van der Waals surface area contributed by atoms with E-state index in [-0.39, 0.29) is 11.7 Å². The number of thiophene rings is 1. The Labute approximate surface area is 126 Å². The Bertz CT molecular complexity index is 378. The largest absolute Gasteiger partial charge is 0.389 e. The van der Waals surface area contributed by atoms with E-state index in [1.807, 2.05) is 20.8 Å². The Morgan fingerprint density at radius 3 is 2.65 bits per heavy atom. The first kappa shape index (κ1) is 16.0. The maximum atomic E-state index is 10.0. The molecule has 1 aliphatic rings. The molecule has 0 spiro atoms. The van der Waals surface area contributed by atoms with E-state index in [4.69, 9.17) is 4.74 Å². The number of aliphatic hydroxyl groups is 1. The molecule has 1 atom stereocenters. The van der Waals surface area contributed by atoms with E-state index in [1.165, 1.54) is 18.4 Å². The third kappa shape index (κ3) is 5.17. The molecule has 1 unspecified atom stereocenters. The number of ether oxygens (including phenoxy) is 1. The van der Waals surface area contributed by atoms with Gasteiger partial charge >= 0.3 is 0 Å². The maximum absolute atomic E-state index is 10.0. The topological polar surface area (TPSA) is 32.7 Å². The Hall–Kier alpha value is -0.420. The van der Waals surface area contributed by atoms with Crippen LogP contribution in [0.4, 0.5) is 0 Å². The third-order valence-electron chi connectivity index (χ3n) is 3.78. The number of likely N-dealkylation sites (tertiary alicyclic amines) is 1. The van der Waals surface area contributed by atoms with Crippen molar-refractivity contribution in [3.05, 3.63) is 22.4 Å². The highest BCUT2D eigenvalue weighted by molar-refractivity contribution is 7.07. The van der Waals surface area contributed by atoms with Crippen LogP contribution in [0.2, 0.25) is 0 Å². The minimum absolute atomic E-state index is 0.174. The lowest BCUT2D eigenvalue weighted by Crippen LogP contribution is -2.40. The number of piperidine rings is 1. The van der Waals surface area contributed by atoms with Gasteiger partial charge in [0.1, 0.15) is 0 Å². The van der Waals surface area contributed by atoms with Gasteiger partial charge in [-0.1, -0.05) is 0 Å². The highest BCUT2D eigenvalue weighted by Gasteiger charge is 2.23. The van der Waals surface area contributed by atoms with E-state index in [0.29, 0.717) is 12.5 Å². The molecule has 1 aromatic rings. The van der Waals surface area contributed by atoms with E-state index in [1.54, 1.807) is 11.3 Å². The van der Waals surface area contributed by atoms with Gasteiger partial charge in [0, 0.05) is 6.54 Å². The summed E-state index contributed by atoms with van der Waals surface area (Å²) in [6, 6.07) is 2.25. The molecular formula is C16H27NO2S. The predicted molar refractivity (Wildman–Crippen MR) is 84.4 cm³/mol. The molecule has 0 amide bonds. The molecule has 0 bridgehead atoms. The molecule has 0 saturated carbocycles. The van der Waals surface area contributed by atoms with Crippen molar-refractivity contribution in [3.8, 4) is 0 Å². The third-order valence-corrected chi connectivity index (χ3v) is 4.48. The molecule has 1 N–H and O–H groups in total. The number of hydrogen-bond donors (Lipinski definition) is 1. The summed E-state index contributed by atoms with van der Waals surface area (Å²) in [6.07, 6.45) is 2.01. The second kappa shape index (κ2) is 7.03. The summed E-state index contributed by atoms with van der Waals surface area (Å²) in [6.45, 7) is 9.37. The van der Waals surface area contributed by atoms with Gasteiger partial charge in [-0.25, -0.2) is 0 Å². The van der Waals surface area contributed by atoms with E-state index in [2.05, 4.69) is 21.7 Å². The smallest absolute Gasteiger partial charge is 0.0900 e. The van der Waals surface area contributed by atoms with Crippen LogP contribution in [0.5, 0.6) is 0 Å². The zero-order chi connectivity index (χ0) is 14.6. The van der Waals surface area contributed by atoms with E-state index >= 15 is 0 Å². The predicted octanol–water partition coefficient (Wildman–Crippen LogP) is 3.10. The van der Waals surface area contributed by atoms with Gasteiger partial charge in [0.25, 0.3) is 0 Å². The van der Waals surface area contributed by atoms with Gasteiger partial charge in [0.15, 0.2) is 0 Å². The number of aliphatic hydroxyl groups excluding tert-OH is 1. The van der Waals surface area contributed by atoms with Crippen LogP contribution in [0.15, 0.2) is 16.8 Å². The lowest BCUT2D eigenvalue weighted by molar-refractivity contribution is -0.0573. The fraction of sp³-hybridized carbons (Fsp3) is 0.750. The van der Waals surface area contributed by atoms with Crippen molar-refractivity contribution in [2.45, 2.75) is 51.2 Å². The zero-order valence-electron chi connectivity index (χ0n) is 12.8. The summed E-state index contributed by atoms with van der Waals surface area (Å²) in [5, 5.41) is 14.5. The van der Waals surface area contributed by atoms with Crippen LogP contribution in [-0.2, 0) is 4.74 Å². The summed E-state index contributed by atoms with van der Waals surface area (Å²) < 4.78 is 5.64. The lowest BCUT2D eigenvalue weighted by Gasteiger charge is -2.33. The minimum Gasteiger partial charge on any atom is -0.389 e. The molecule has 1 aromatic heterocycles. The van der Waals surface area contributed by atoms with Crippen LogP contribution in [0.3, 0.4) is 0 Å². The highest BCUT2D eigenvalue weighted by Crippen LogP contribution is 2.29. The quantitative estimate of drug-likeness (QED) is 0.906. The van der Waals surface area contributed by atoms with E-state index in [0.717, 1.165) is 19.6 Å². The summed E-state index contributed by atoms with van der Waals surface area (Å²) in [5.41, 5.74) is 1.32. The van der Waals surface area contributed by atoms with Gasteiger partial charge < -0.3 is 14.7 Å². The molecule has 4 heteroatoms. The van der Waals surface area contributed by atoms with Crippen molar-refractivity contribution >= 4 is 11.3 Å². The van der Waals surface area contributed by atoms with Crippen molar-refractivity contribution in [2.75, 3.05) is 26.2 Å². The van der Waals surface area contributed by atoms with Crippen molar-refractivity contribution in [2.24, 2.45) is 0 Å². The molecule has 0 aliphatic carbocycles. The summed E-state index contributed by atoms with van der Waals surface area (Å²) in [7, 11) is 0. The first-order valence-corrected chi connectivity index (χ1v) is 8.45. The van der Waals surface area contributed by atoms with Crippen LogP contribution < -0.4 is 0 Å². The number of nitrogens with zero attached hydrogens (tertiary/aromatic N) is 1. The molecule has 1 aliphatic heterocycles. The first-order valence-electron chi connectivity index (χ1n) is 7.50. The molecule has 1 saturated heterocycles. The maximum Gasteiger partial charge on any atom is 0.0900 e. The minimum atomic E-state index is -0.382. The number of hydrogen-bond acceptors (Lipinski definition) is 4. The van der Waals surface area contributed by atoms with Gasteiger partial charge in [-0.15, -0.1) is 0 Å². The van der Waals surface area contributed by atoms with Crippen molar-refractivity contribution in [3.63, 3.8) is 0 Å². The monoisotopic (exact) mass is 297 g/mol.